The zero-order chi connectivity index (χ0) is 25.7. The van der Waals surface area contributed by atoms with Gasteiger partial charge in [-0.25, -0.2) is 0 Å². The highest BCUT2D eigenvalue weighted by molar-refractivity contribution is 6.46. The number of benzene rings is 2. The first kappa shape index (κ1) is 26.4. The van der Waals surface area contributed by atoms with Crippen LogP contribution in [0.25, 0.3) is 5.76 Å². The SMILES string of the molecule is COCCCN1C(=O)C(=O)/C(=C(/O)c2cc(Cl)c(OC)cc2OC)C1c1ccc(OC(C)C)cc1. The molecule has 1 amide bonds. The maximum Gasteiger partial charge on any atom is 0.295 e. The van der Waals surface area contributed by atoms with Gasteiger partial charge in [0, 0.05) is 26.3 Å². The van der Waals surface area contributed by atoms with Crippen molar-refractivity contribution in [3.63, 3.8) is 0 Å². The molecule has 0 saturated carbocycles. The van der Waals surface area contributed by atoms with E-state index < -0.39 is 17.7 Å². The molecule has 2 aromatic rings. The van der Waals surface area contributed by atoms with Crippen molar-refractivity contribution in [1.29, 1.82) is 0 Å². The lowest BCUT2D eigenvalue weighted by Crippen LogP contribution is -2.31. The third-order valence-electron chi connectivity index (χ3n) is 5.58. The summed E-state index contributed by atoms with van der Waals surface area (Å²) >= 11 is 6.30. The number of nitrogens with zero attached hydrogens (tertiary/aromatic N) is 1. The molecule has 188 valence electrons. The summed E-state index contributed by atoms with van der Waals surface area (Å²) in [5.74, 6) is -0.628. The van der Waals surface area contributed by atoms with Gasteiger partial charge in [0.15, 0.2) is 0 Å². The monoisotopic (exact) mass is 503 g/mol. The third-order valence-corrected chi connectivity index (χ3v) is 5.88. The molecule has 1 aliphatic heterocycles. The fraction of sp³-hybridized carbons (Fsp3) is 0.385. The van der Waals surface area contributed by atoms with Crippen molar-refractivity contribution < 1.29 is 33.6 Å². The Morgan fingerprint density at radius 1 is 1.06 bits per heavy atom. The summed E-state index contributed by atoms with van der Waals surface area (Å²) in [6.45, 7) is 4.53. The van der Waals surface area contributed by atoms with Crippen LogP contribution in [0.3, 0.4) is 0 Å². The van der Waals surface area contributed by atoms with Crippen molar-refractivity contribution in [2.75, 3.05) is 34.5 Å². The van der Waals surface area contributed by atoms with E-state index in [0.29, 0.717) is 30.1 Å². The molecule has 1 fully saturated rings. The van der Waals surface area contributed by atoms with Crippen LogP contribution in [-0.2, 0) is 14.3 Å². The predicted molar refractivity (Wildman–Crippen MR) is 132 cm³/mol. The number of hydrogen-bond acceptors (Lipinski definition) is 7. The fourth-order valence-corrected chi connectivity index (χ4v) is 4.27. The Hall–Kier alpha value is -3.23. The van der Waals surface area contributed by atoms with Gasteiger partial charge in [-0.3, -0.25) is 9.59 Å². The molecule has 8 nitrogen and oxygen atoms in total. The maximum absolute atomic E-state index is 13.2. The van der Waals surface area contributed by atoms with E-state index >= 15 is 0 Å². The van der Waals surface area contributed by atoms with Gasteiger partial charge in [-0.15, -0.1) is 0 Å². The number of hydrogen-bond donors (Lipinski definition) is 1. The third kappa shape index (κ3) is 5.55. The standard InChI is InChI=1S/C26H30ClNO7/c1-15(2)35-17-9-7-16(8-10-17)23-22(25(30)26(31)28(23)11-6-12-32-3)24(29)18-13-19(27)21(34-5)14-20(18)33-4/h7-10,13-15,23,29H,6,11-12H2,1-5H3/b24-22+. The molecule has 0 spiro atoms. The van der Waals surface area contributed by atoms with E-state index in [-0.39, 0.29) is 40.3 Å². The van der Waals surface area contributed by atoms with Gasteiger partial charge < -0.3 is 29.0 Å². The molecule has 1 N–H and O–H groups in total. The van der Waals surface area contributed by atoms with Crippen molar-refractivity contribution in [3.05, 3.63) is 58.1 Å². The van der Waals surface area contributed by atoms with Crippen molar-refractivity contribution in [2.24, 2.45) is 0 Å². The quantitative estimate of drug-likeness (QED) is 0.219. The summed E-state index contributed by atoms with van der Waals surface area (Å²) in [6, 6.07) is 9.25. The molecule has 9 heteroatoms. The van der Waals surface area contributed by atoms with E-state index in [1.165, 1.54) is 31.3 Å². The van der Waals surface area contributed by atoms with Crippen LogP contribution in [0.2, 0.25) is 5.02 Å². The molecule has 1 saturated heterocycles. The van der Waals surface area contributed by atoms with E-state index in [2.05, 4.69) is 0 Å². The van der Waals surface area contributed by atoms with Gasteiger partial charge in [-0.2, -0.15) is 0 Å². The number of likely N-dealkylation sites (tertiary alicyclic amines) is 1. The second-order valence-corrected chi connectivity index (χ2v) is 8.67. The lowest BCUT2D eigenvalue weighted by Gasteiger charge is -2.25. The van der Waals surface area contributed by atoms with Crippen molar-refractivity contribution in [3.8, 4) is 17.2 Å². The van der Waals surface area contributed by atoms with E-state index in [4.69, 9.17) is 30.5 Å². The Morgan fingerprint density at radius 3 is 2.29 bits per heavy atom. The average Bonchev–Trinajstić information content (AvgIpc) is 3.08. The maximum atomic E-state index is 13.2. The van der Waals surface area contributed by atoms with Gasteiger partial charge in [0.05, 0.1) is 42.5 Å². The van der Waals surface area contributed by atoms with Gasteiger partial charge in [0.1, 0.15) is 23.0 Å². The highest BCUT2D eigenvalue weighted by Gasteiger charge is 2.46. The summed E-state index contributed by atoms with van der Waals surface area (Å²) in [5, 5.41) is 11.6. The number of carbonyl (C=O) groups is 2. The molecule has 0 radical (unpaired) electrons. The molecule has 0 aliphatic carbocycles. The molecule has 0 aromatic heterocycles. The molecule has 2 aromatic carbocycles. The van der Waals surface area contributed by atoms with Crippen LogP contribution in [0.1, 0.15) is 37.4 Å². The normalized spacial score (nSPS) is 17.2. The summed E-state index contributed by atoms with van der Waals surface area (Å²) < 4.78 is 21.5. The van der Waals surface area contributed by atoms with Crippen LogP contribution in [0.15, 0.2) is 42.0 Å². The second-order valence-electron chi connectivity index (χ2n) is 8.26. The number of aliphatic hydroxyl groups is 1. The number of ketones is 1. The van der Waals surface area contributed by atoms with E-state index in [0.717, 1.165) is 0 Å². The van der Waals surface area contributed by atoms with Gasteiger partial charge in [-0.05, 0) is 44.0 Å². The molecular formula is C26H30ClNO7. The van der Waals surface area contributed by atoms with Crippen molar-refractivity contribution in [1.82, 2.24) is 4.90 Å². The number of ether oxygens (including phenoxy) is 4. The number of methoxy groups -OCH3 is 3. The number of carbonyl (C=O) groups excluding carboxylic acids is 2. The van der Waals surface area contributed by atoms with Crippen LogP contribution in [0, 0.1) is 0 Å². The van der Waals surface area contributed by atoms with Gasteiger partial charge >= 0.3 is 0 Å². The number of aliphatic hydroxyl groups excluding tert-OH is 1. The van der Waals surface area contributed by atoms with E-state index in [1.807, 2.05) is 13.8 Å². The zero-order valence-corrected chi connectivity index (χ0v) is 21.2. The molecule has 1 aliphatic rings. The average molecular weight is 504 g/mol. The highest BCUT2D eigenvalue weighted by Crippen LogP contribution is 2.43. The van der Waals surface area contributed by atoms with Crippen LogP contribution in [-0.4, -0.2) is 62.3 Å². The first-order valence-electron chi connectivity index (χ1n) is 11.2. The lowest BCUT2D eigenvalue weighted by molar-refractivity contribution is -0.140. The summed E-state index contributed by atoms with van der Waals surface area (Å²) in [5.41, 5.74) is 0.778. The lowest BCUT2D eigenvalue weighted by atomic mass is 9.94. The Morgan fingerprint density at radius 2 is 1.71 bits per heavy atom. The van der Waals surface area contributed by atoms with Crippen LogP contribution >= 0.6 is 11.6 Å². The van der Waals surface area contributed by atoms with Crippen LogP contribution in [0.4, 0.5) is 0 Å². The molecule has 35 heavy (non-hydrogen) atoms. The van der Waals surface area contributed by atoms with Crippen molar-refractivity contribution in [2.45, 2.75) is 32.4 Å². The zero-order valence-electron chi connectivity index (χ0n) is 20.5. The fourth-order valence-electron chi connectivity index (χ4n) is 4.03. The van der Waals surface area contributed by atoms with Crippen molar-refractivity contribution >= 4 is 29.1 Å². The predicted octanol–water partition coefficient (Wildman–Crippen LogP) is 4.60. The van der Waals surface area contributed by atoms with E-state index in [1.54, 1.807) is 31.4 Å². The van der Waals surface area contributed by atoms with Gasteiger partial charge in [-0.1, -0.05) is 23.7 Å². The minimum absolute atomic E-state index is 0.00665. The number of amides is 1. The Labute approximate surface area is 210 Å². The molecule has 3 rings (SSSR count). The molecule has 0 bridgehead atoms. The summed E-state index contributed by atoms with van der Waals surface area (Å²) in [6.07, 6.45) is 0.513. The Kier molecular flexibility index (Phi) is 8.64. The molecule has 1 atom stereocenters. The minimum atomic E-state index is -0.814. The Bertz CT molecular complexity index is 1110. The number of rotatable bonds is 10. The van der Waals surface area contributed by atoms with Crippen LogP contribution in [0.5, 0.6) is 17.2 Å². The van der Waals surface area contributed by atoms with E-state index in [9.17, 15) is 14.7 Å². The first-order chi connectivity index (χ1) is 16.7. The second kappa shape index (κ2) is 11.5. The minimum Gasteiger partial charge on any atom is -0.507 e. The van der Waals surface area contributed by atoms with Gasteiger partial charge in [0.25, 0.3) is 11.7 Å². The molecule has 1 heterocycles. The number of Topliss-reactive ketones (excluding diaryl/α,β-unsaturated/α-hetero) is 1. The van der Waals surface area contributed by atoms with Crippen LogP contribution < -0.4 is 14.2 Å². The summed E-state index contributed by atoms with van der Waals surface area (Å²) in [7, 11) is 4.45. The topological polar surface area (TPSA) is 94.5 Å². The smallest absolute Gasteiger partial charge is 0.295 e. The summed E-state index contributed by atoms with van der Waals surface area (Å²) in [4.78, 5) is 27.7. The molecule has 1 unspecified atom stereocenters. The Balaban J connectivity index is 2.16. The first-order valence-corrected chi connectivity index (χ1v) is 11.6. The highest BCUT2D eigenvalue weighted by atomic mass is 35.5. The number of halogens is 1. The van der Waals surface area contributed by atoms with Gasteiger partial charge in [0.2, 0.25) is 0 Å². The molecular weight excluding hydrogens is 474 g/mol. The largest absolute Gasteiger partial charge is 0.507 e.